The van der Waals surface area contributed by atoms with Gasteiger partial charge in [0.1, 0.15) is 0 Å². The molecule has 0 aliphatic heterocycles. The highest BCUT2D eigenvalue weighted by Gasteiger charge is 2.00. The van der Waals surface area contributed by atoms with Crippen molar-refractivity contribution in [2.45, 2.75) is 5.88 Å². The number of aromatic nitrogens is 2. The van der Waals surface area contributed by atoms with Crippen LogP contribution in [0, 0.1) is 0 Å². The predicted molar refractivity (Wildman–Crippen MR) is 54.7 cm³/mol. The van der Waals surface area contributed by atoms with Gasteiger partial charge in [-0.2, -0.15) is 0 Å². The fourth-order valence-electron chi connectivity index (χ4n) is 1.30. The summed E-state index contributed by atoms with van der Waals surface area (Å²) < 4.78 is 0. The maximum absolute atomic E-state index is 11.3. The van der Waals surface area contributed by atoms with Gasteiger partial charge in [0.05, 0.1) is 10.9 Å². The SMILES string of the molecule is O=c1[nH]c(=O)c2cc(CCl)ccc2[nH]1. The Balaban J connectivity index is 2.89. The van der Waals surface area contributed by atoms with E-state index in [1.54, 1.807) is 18.2 Å². The van der Waals surface area contributed by atoms with E-state index in [2.05, 4.69) is 9.97 Å². The lowest BCUT2D eigenvalue weighted by Gasteiger charge is -1.98. The topological polar surface area (TPSA) is 65.7 Å². The number of hydrogen-bond donors (Lipinski definition) is 2. The van der Waals surface area contributed by atoms with Gasteiger partial charge < -0.3 is 4.98 Å². The van der Waals surface area contributed by atoms with E-state index in [4.69, 9.17) is 11.6 Å². The normalized spacial score (nSPS) is 10.6. The second-order valence-corrected chi connectivity index (χ2v) is 3.19. The van der Waals surface area contributed by atoms with Crippen LogP contribution in [0.4, 0.5) is 0 Å². The second-order valence-electron chi connectivity index (χ2n) is 2.92. The highest BCUT2D eigenvalue weighted by Crippen LogP contribution is 2.10. The Kier molecular flexibility index (Phi) is 2.13. The van der Waals surface area contributed by atoms with Crippen molar-refractivity contribution in [1.82, 2.24) is 9.97 Å². The molecule has 4 nitrogen and oxygen atoms in total. The van der Waals surface area contributed by atoms with E-state index in [9.17, 15) is 9.59 Å². The monoisotopic (exact) mass is 210 g/mol. The first-order valence-corrected chi connectivity index (χ1v) is 4.55. The molecule has 0 saturated heterocycles. The number of aromatic amines is 2. The van der Waals surface area contributed by atoms with Gasteiger partial charge in [-0.15, -0.1) is 11.6 Å². The maximum atomic E-state index is 11.3. The molecule has 0 unspecified atom stereocenters. The molecule has 14 heavy (non-hydrogen) atoms. The Hall–Kier alpha value is -1.55. The zero-order chi connectivity index (χ0) is 10.1. The van der Waals surface area contributed by atoms with E-state index >= 15 is 0 Å². The van der Waals surface area contributed by atoms with Crippen molar-refractivity contribution in [3.8, 4) is 0 Å². The quantitative estimate of drug-likeness (QED) is 0.689. The zero-order valence-electron chi connectivity index (χ0n) is 7.13. The first-order chi connectivity index (χ1) is 6.70. The third-order valence-corrected chi connectivity index (χ3v) is 2.27. The molecule has 0 aliphatic rings. The molecule has 0 amide bonds. The third-order valence-electron chi connectivity index (χ3n) is 1.96. The van der Waals surface area contributed by atoms with E-state index in [0.29, 0.717) is 16.8 Å². The average molecular weight is 211 g/mol. The van der Waals surface area contributed by atoms with Crippen molar-refractivity contribution in [3.05, 3.63) is 44.6 Å². The molecule has 1 heterocycles. The Bertz CT molecular complexity index is 585. The third kappa shape index (κ3) is 1.44. The summed E-state index contributed by atoms with van der Waals surface area (Å²) in [6.07, 6.45) is 0. The van der Waals surface area contributed by atoms with E-state index in [1.807, 2.05) is 0 Å². The van der Waals surface area contributed by atoms with Crippen LogP contribution in [0.5, 0.6) is 0 Å². The van der Waals surface area contributed by atoms with E-state index < -0.39 is 11.2 Å². The van der Waals surface area contributed by atoms with Crippen LogP contribution in [0.25, 0.3) is 10.9 Å². The maximum Gasteiger partial charge on any atom is 0.326 e. The van der Waals surface area contributed by atoms with Gasteiger partial charge in [0.2, 0.25) is 0 Å². The molecule has 2 aromatic rings. The number of nitrogens with one attached hydrogen (secondary N) is 2. The smallest absolute Gasteiger partial charge is 0.307 e. The summed E-state index contributed by atoms with van der Waals surface area (Å²) in [5.74, 6) is 0.342. The molecule has 1 aromatic heterocycles. The van der Waals surface area contributed by atoms with Crippen LogP contribution in [-0.4, -0.2) is 9.97 Å². The number of alkyl halides is 1. The Labute approximate surface area is 83.5 Å². The van der Waals surface area contributed by atoms with Crippen molar-refractivity contribution in [3.63, 3.8) is 0 Å². The van der Waals surface area contributed by atoms with Crippen LogP contribution in [0.15, 0.2) is 27.8 Å². The fraction of sp³-hybridized carbons (Fsp3) is 0.111. The summed E-state index contributed by atoms with van der Waals surface area (Å²) in [6, 6.07) is 5.10. The van der Waals surface area contributed by atoms with Gasteiger partial charge in [-0.05, 0) is 17.7 Å². The minimum atomic E-state index is -0.499. The molecule has 0 fully saturated rings. The van der Waals surface area contributed by atoms with E-state index in [1.165, 1.54) is 0 Å². The summed E-state index contributed by atoms with van der Waals surface area (Å²) in [5, 5.41) is 0.447. The predicted octanol–water partition coefficient (Wildman–Crippen LogP) is 0.955. The van der Waals surface area contributed by atoms with Crippen molar-refractivity contribution in [2.75, 3.05) is 0 Å². The molecule has 0 bridgehead atoms. The minimum absolute atomic E-state index is 0.342. The highest BCUT2D eigenvalue weighted by atomic mass is 35.5. The fourth-order valence-corrected chi connectivity index (χ4v) is 1.46. The van der Waals surface area contributed by atoms with Crippen LogP contribution < -0.4 is 11.2 Å². The lowest BCUT2D eigenvalue weighted by molar-refractivity contribution is 1.08. The largest absolute Gasteiger partial charge is 0.326 e. The molecular formula is C9H7ClN2O2. The van der Waals surface area contributed by atoms with Gasteiger partial charge in [0, 0.05) is 5.88 Å². The standard InChI is InChI=1S/C9H7ClN2O2/c10-4-5-1-2-7-6(3-5)8(13)12-9(14)11-7/h1-3H,4H2,(H2,11,12,13,14). The highest BCUT2D eigenvalue weighted by molar-refractivity contribution is 6.17. The lowest BCUT2D eigenvalue weighted by atomic mass is 10.2. The summed E-state index contributed by atoms with van der Waals surface area (Å²) in [6.45, 7) is 0. The van der Waals surface area contributed by atoms with Crippen LogP contribution >= 0.6 is 11.6 Å². The van der Waals surface area contributed by atoms with Gasteiger partial charge in [0.15, 0.2) is 0 Å². The van der Waals surface area contributed by atoms with Gasteiger partial charge in [0.25, 0.3) is 5.56 Å². The first kappa shape index (κ1) is 9.02. The van der Waals surface area contributed by atoms with Crippen molar-refractivity contribution >= 4 is 22.5 Å². The van der Waals surface area contributed by atoms with Gasteiger partial charge in [-0.25, -0.2) is 4.79 Å². The Morgan fingerprint density at radius 1 is 1.21 bits per heavy atom. The van der Waals surface area contributed by atoms with E-state index in [-0.39, 0.29) is 0 Å². The van der Waals surface area contributed by atoms with Crippen molar-refractivity contribution in [2.24, 2.45) is 0 Å². The summed E-state index contributed by atoms with van der Waals surface area (Å²) >= 11 is 5.63. The molecule has 5 heteroatoms. The van der Waals surface area contributed by atoms with Crippen LogP contribution in [0.1, 0.15) is 5.56 Å². The molecule has 0 spiro atoms. The lowest BCUT2D eigenvalue weighted by Crippen LogP contribution is -2.21. The van der Waals surface area contributed by atoms with Crippen molar-refractivity contribution in [1.29, 1.82) is 0 Å². The number of benzene rings is 1. The molecule has 0 aliphatic carbocycles. The molecule has 72 valence electrons. The van der Waals surface area contributed by atoms with Crippen molar-refractivity contribution < 1.29 is 0 Å². The summed E-state index contributed by atoms with van der Waals surface area (Å²) in [7, 11) is 0. The Morgan fingerprint density at radius 3 is 2.71 bits per heavy atom. The van der Waals surface area contributed by atoms with Crippen LogP contribution in [-0.2, 0) is 5.88 Å². The molecule has 0 radical (unpaired) electrons. The summed E-state index contributed by atoms with van der Waals surface area (Å²) in [4.78, 5) is 27.0. The molecular weight excluding hydrogens is 204 g/mol. The molecule has 2 rings (SSSR count). The van der Waals surface area contributed by atoms with Crippen LogP contribution in [0.3, 0.4) is 0 Å². The Morgan fingerprint density at radius 2 is 2.00 bits per heavy atom. The second kappa shape index (κ2) is 3.31. The molecule has 0 atom stereocenters. The number of hydrogen-bond acceptors (Lipinski definition) is 2. The van der Waals surface area contributed by atoms with Crippen LogP contribution in [0.2, 0.25) is 0 Å². The van der Waals surface area contributed by atoms with Gasteiger partial charge >= 0.3 is 5.69 Å². The number of rotatable bonds is 1. The number of fused-ring (bicyclic) bond motifs is 1. The minimum Gasteiger partial charge on any atom is -0.307 e. The first-order valence-electron chi connectivity index (χ1n) is 4.02. The summed E-state index contributed by atoms with van der Waals surface area (Å²) in [5.41, 5.74) is 0.473. The van der Waals surface area contributed by atoms with Gasteiger partial charge in [-0.1, -0.05) is 6.07 Å². The average Bonchev–Trinajstić information content (AvgIpc) is 2.17. The zero-order valence-corrected chi connectivity index (χ0v) is 7.89. The number of H-pyrrole nitrogens is 2. The molecule has 1 aromatic carbocycles. The molecule has 0 saturated carbocycles. The van der Waals surface area contributed by atoms with Gasteiger partial charge in [-0.3, -0.25) is 9.78 Å². The van der Waals surface area contributed by atoms with E-state index in [0.717, 1.165) is 5.56 Å². The molecule has 2 N–H and O–H groups in total. The number of halogens is 1.